The smallest absolute Gasteiger partial charge is 0.0104 e. The van der Waals surface area contributed by atoms with E-state index in [-0.39, 0.29) is 0 Å². The Hall–Kier alpha value is -0.480. The Labute approximate surface area is 101 Å². The second kappa shape index (κ2) is 6.30. The van der Waals surface area contributed by atoms with Crippen LogP contribution in [-0.2, 0) is 0 Å². The van der Waals surface area contributed by atoms with Crippen LogP contribution in [0.2, 0.25) is 0 Å². The van der Waals surface area contributed by atoms with Crippen LogP contribution >= 0.6 is 0 Å². The van der Waals surface area contributed by atoms with Crippen LogP contribution in [0.15, 0.2) is 0 Å². The summed E-state index contributed by atoms with van der Waals surface area (Å²) in [5.41, 5.74) is 0.569. The van der Waals surface area contributed by atoms with Crippen LogP contribution in [0.1, 0.15) is 59.3 Å². The SMILES string of the molecule is C#CCCC(NCC)C1CCC(C)(C)CC1. The molecular weight excluding hydrogens is 194 g/mol. The van der Waals surface area contributed by atoms with Crippen LogP contribution in [0, 0.1) is 23.7 Å². The Morgan fingerprint density at radius 2 is 2.00 bits per heavy atom. The molecule has 1 heteroatoms. The second-order valence-electron chi connectivity index (χ2n) is 5.91. The van der Waals surface area contributed by atoms with Gasteiger partial charge in [0.2, 0.25) is 0 Å². The summed E-state index contributed by atoms with van der Waals surface area (Å²) >= 11 is 0. The molecule has 0 saturated heterocycles. The summed E-state index contributed by atoms with van der Waals surface area (Å²) < 4.78 is 0. The predicted octanol–water partition coefficient (Wildman–Crippen LogP) is 3.59. The zero-order valence-electron chi connectivity index (χ0n) is 11.2. The fourth-order valence-electron chi connectivity index (χ4n) is 2.83. The third-order valence-corrected chi connectivity index (χ3v) is 4.02. The molecule has 1 aliphatic rings. The Bertz CT molecular complexity index is 226. The van der Waals surface area contributed by atoms with Crippen molar-refractivity contribution >= 4 is 0 Å². The van der Waals surface area contributed by atoms with Crippen molar-refractivity contribution in [1.29, 1.82) is 0 Å². The number of hydrogen-bond acceptors (Lipinski definition) is 1. The first-order chi connectivity index (χ1) is 7.59. The molecule has 92 valence electrons. The maximum atomic E-state index is 5.37. The molecule has 0 aromatic heterocycles. The number of rotatable bonds is 5. The summed E-state index contributed by atoms with van der Waals surface area (Å²) in [6.45, 7) is 8.05. The predicted molar refractivity (Wildman–Crippen MR) is 71.3 cm³/mol. The van der Waals surface area contributed by atoms with Crippen molar-refractivity contribution in [1.82, 2.24) is 5.32 Å². The molecule has 1 fully saturated rings. The first-order valence-electron chi connectivity index (χ1n) is 6.76. The largest absolute Gasteiger partial charge is 0.314 e. The fraction of sp³-hybridized carbons (Fsp3) is 0.867. The van der Waals surface area contributed by atoms with Gasteiger partial charge >= 0.3 is 0 Å². The number of nitrogens with one attached hydrogen (secondary N) is 1. The standard InChI is InChI=1S/C15H27N/c1-5-7-8-14(16-6-2)13-9-11-15(3,4)12-10-13/h1,13-14,16H,6-12H2,2-4H3. The van der Waals surface area contributed by atoms with Gasteiger partial charge in [0.05, 0.1) is 0 Å². The van der Waals surface area contributed by atoms with Gasteiger partial charge in [-0.25, -0.2) is 0 Å². The summed E-state index contributed by atoms with van der Waals surface area (Å²) in [6, 6.07) is 0.650. The van der Waals surface area contributed by atoms with E-state index in [4.69, 9.17) is 6.42 Å². The molecule has 0 aromatic rings. The van der Waals surface area contributed by atoms with Gasteiger partial charge in [0.15, 0.2) is 0 Å². The molecule has 0 aliphatic heterocycles. The van der Waals surface area contributed by atoms with Crippen molar-refractivity contribution in [3.63, 3.8) is 0 Å². The molecule has 1 atom stereocenters. The maximum absolute atomic E-state index is 5.37. The van der Waals surface area contributed by atoms with E-state index in [1.165, 1.54) is 25.7 Å². The van der Waals surface area contributed by atoms with E-state index < -0.39 is 0 Å². The summed E-state index contributed by atoms with van der Waals surface area (Å²) in [5.74, 6) is 3.62. The van der Waals surface area contributed by atoms with Crippen molar-refractivity contribution in [3.05, 3.63) is 0 Å². The lowest BCUT2D eigenvalue weighted by Crippen LogP contribution is -2.39. The lowest BCUT2D eigenvalue weighted by molar-refractivity contribution is 0.158. The highest BCUT2D eigenvalue weighted by Crippen LogP contribution is 2.39. The van der Waals surface area contributed by atoms with Gasteiger partial charge in [-0.05, 0) is 50.0 Å². The molecule has 16 heavy (non-hydrogen) atoms. The van der Waals surface area contributed by atoms with Crippen LogP contribution in [-0.4, -0.2) is 12.6 Å². The maximum Gasteiger partial charge on any atom is 0.0104 e. The van der Waals surface area contributed by atoms with Gasteiger partial charge in [0, 0.05) is 12.5 Å². The molecule has 0 bridgehead atoms. The van der Waals surface area contributed by atoms with E-state index >= 15 is 0 Å². The lowest BCUT2D eigenvalue weighted by Gasteiger charge is -2.38. The molecule has 0 aromatic carbocycles. The summed E-state index contributed by atoms with van der Waals surface area (Å²) in [5, 5.41) is 3.62. The topological polar surface area (TPSA) is 12.0 Å². The van der Waals surface area contributed by atoms with Crippen molar-refractivity contribution in [2.24, 2.45) is 11.3 Å². The molecule has 1 rings (SSSR count). The lowest BCUT2D eigenvalue weighted by atomic mass is 9.70. The van der Waals surface area contributed by atoms with E-state index in [9.17, 15) is 0 Å². The van der Waals surface area contributed by atoms with Gasteiger partial charge < -0.3 is 5.32 Å². The first-order valence-corrected chi connectivity index (χ1v) is 6.76. The highest BCUT2D eigenvalue weighted by atomic mass is 14.9. The summed E-state index contributed by atoms with van der Waals surface area (Å²) in [4.78, 5) is 0. The zero-order chi connectivity index (χ0) is 12.0. The third-order valence-electron chi connectivity index (χ3n) is 4.02. The van der Waals surface area contributed by atoms with Gasteiger partial charge in [-0.15, -0.1) is 12.3 Å². The van der Waals surface area contributed by atoms with E-state index in [1.54, 1.807) is 0 Å². The van der Waals surface area contributed by atoms with Crippen LogP contribution < -0.4 is 5.32 Å². The van der Waals surface area contributed by atoms with Crippen LogP contribution in [0.4, 0.5) is 0 Å². The van der Waals surface area contributed by atoms with E-state index in [2.05, 4.69) is 32.0 Å². The number of terminal acetylenes is 1. The van der Waals surface area contributed by atoms with Gasteiger partial charge in [-0.1, -0.05) is 20.8 Å². The third kappa shape index (κ3) is 4.18. The molecule has 1 nitrogen and oxygen atoms in total. The highest BCUT2D eigenvalue weighted by molar-refractivity contribution is 4.90. The Morgan fingerprint density at radius 3 is 2.50 bits per heavy atom. The molecule has 0 amide bonds. The average Bonchev–Trinajstić information content (AvgIpc) is 2.25. The molecule has 0 heterocycles. The van der Waals surface area contributed by atoms with E-state index in [1.807, 2.05) is 0 Å². The number of hydrogen-bond donors (Lipinski definition) is 1. The second-order valence-corrected chi connectivity index (χ2v) is 5.91. The van der Waals surface area contributed by atoms with Crippen LogP contribution in [0.3, 0.4) is 0 Å². The summed E-state index contributed by atoms with van der Waals surface area (Å²) in [6.07, 6.45) is 12.9. The van der Waals surface area contributed by atoms with E-state index in [0.717, 1.165) is 25.3 Å². The molecular formula is C15H27N. The molecule has 1 saturated carbocycles. The van der Waals surface area contributed by atoms with Crippen molar-refractivity contribution in [3.8, 4) is 12.3 Å². The first kappa shape index (κ1) is 13.6. The minimum Gasteiger partial charge on any atom is -0.314 e. The van der Waals surface area contributed by atoms with E-state index in [0.29, 0.717) is 11.5 Å². The highest BCUT2D eigenvalue weighted by Gasteiger charge is 2.30. The monoisotopic (exact) mass is 221 g/mol. The zero-order valence-corrected chi connectivity index (χ0v) is 11.2. The van der Waals surface area contributed by atoms with Crippen molar-refractivity contribution in [2.45, 2.75) is 65.3 Å². The van der Waals surface area contributed by atoms with Gasteiger partial charge in [-0.2, -0.15) is 0 Å². The quantitative estimate of drug-likeness (QED) is 0.700. The van der Waals surface area contributed by atoms with Crippen molar-refractivity contribution in [2.75, 3.05) is 6.54 Å². The van der Waals surface area contributed by atoms with Crippen LogP contribution in [0.25, 0.3) is 0 Å². The van der Waals surface area contributed by atoms with Gasteiger partial charge in [-0.3, -0.25) is 0 Å². The van der Waals surface area contributed by atoms with Gasteiger partial charge in [0.25, 0.3) is 0 Å². The minimum atomic E-state index is 0.569. The Kier molecular flexibility index (Phi) is 5.35. The van der Waals surface area contributed by atoms with Crippen LogP contribution in [0.5, 0.6) is 0 Å². The molecule has 0 spiro atoms. The minimum absolute atomic E-state index is 0.569. The Balaban J connectivity index is 2.43. The average molecular weight is 221 g/mol. The molecule has 0 radical (unpaired) electrons. The molecule has 1 N–H and O–H groups in total. The van der Waals surface area contributed by atoms with Gasteiger partial charge in [0.1, 0.15) is 0 Å². The molecule has 1 aliphatic carbocycles. The Morgan fingerprint density at radius 1 is 1.38 bits per heavy atom. The normalized spacial score (nSPS) is 22.6. The summed E-state index contributed by atoms with van der Waals surface area (Å²) in [7, 11) is 0. The van der Waals surface area contributed by atoms with Crippen molar-refractivity contribution < 1.29 is 0 Å². The fourth-order valence-corrected chi connectivity index (χ4v) is 2.83. The molecule has 1 unspecified atom stereocenters.